The molecule has 0 bridgehead atoms. The number of thioether (sulfide) groups is 1. The lowest BCUT2D eigenvalue weighted by atomic mass is 10.1. The van der Waals surface area contributed by atoms with Crippen LogP contribution >= 0.6 is 24.4 Å². The summed E-state index contributed by atoms with van der Waals surface area (Å²) in [6.07, 6.45) is 1.05. The lowest BCUT2D eigenvalue weighted by molar-refractivity contribution is -0.143. The van der Waals surface area contributed by atoms with Crippen LogP contribution in [-0.4, -0.2) is 58.4 Å². The van der Waals surface area contributed by atoms with E-state index in [0.717, 1.165) is 5.56 Å². The van der Waals surface area contributed by atoms with Gasteiger partial charge < -0.3 is 26.2 Å². The van der Waals surface area contributed by atoms with Crippen LogP contribution in [0.1, 0.15) is 18.1 Å². The molecule has 1 heterocycles. The van der Waals surface area contributed by atoms with Gasteiger partial charge in [0.05, 0.1) is 11.4 Å². The van der Waals surface area contributed by atoms with Gasteiger partial charge in [-0.3, -0.25) is 4.79 Å². The molecule has 2 unspecified atom stereocenters. The van der Waals surface area contributed by atoms with Gasteiger partial charge in [0.15, 0.2) is 0 Å². The molecule has 0 spiro atoms. The van der Waals surface area contributed by atoms with Gasteiger partial charge in [0.25, 0.3) is 5.91 Å². The SMILES string of the molecule is CSCC[C@H](NC(=O)C(Oc1nc(-c2ccccc2)ccc1NCC(N)CS)c1ccccc1)C(=O)O. The van der Waals surface area contributed by atoms with Crippen molar-refractivity contribution in [2.45, 2.75) is 24.6 Å². The molecule has 0 radical (unpaired) electrons. The Morgan fingerprint density at radius 1 is 1.08 bits per heavy atom. The molecular weight excluding hydrogens is 508 g/mol. The van der Waals surface area contributed by atoms with Crippen LogP contribution in [0, 0.1) is 0 Å². The van der Waals surface area contributed by atoms with Crippen molar-refractivity contribution >= 4 is 42.0 Å². The highest BCUT2D eigenvalue weighted by Gasteiger charge is 2.29. The highest BCUT2D eigenvalue weighted by atomic mass is 32.2. The van der Waals surface area contributed by atoms with E-state index in [1.807, 2.05) is 54.8 Å². The topological polar surface area (TPSA) is 127 Å². The maximum Gasteiger partial charge on any atom is 0.326 e. The number of carboxylic acid groups (broad SMARTS) is 1. The van der Waals surface area contributed by atoms with E-state index in [4.69, 9.17) is 15.5 Å². The van der Waals surface area contributed by atoms with Crippen molar-refractivity contribution in [2.24, 2.45) is 5.73 Å². The van der Waals surface area contributed by atoms with Crippen LogP contribution in [0.15, 0.2) is 72.8 Å². The van der Waals surface area contributed by atoms with Gasteiger partial charge in [-0.25, -0.2) is 9.78 Å². The highest BCUT2D eigenvalue weighted by Crippen LogP contribution is 2.31. The quantitative estimate of drug-likeness (QED) is 0.195. The second-order valence-electron chi connectivity index (χ2n) is 8.33. The first-order valence-corrected chi connectivity index (χ1v) is 13.9. The molecule has 0 aliphatic rings. The summed E-state index contributed by atoms with van der Waals surface area (Å²) in [6, 6.07) is 21.0. The number of hydrogen-bond donors (Lipinski definition) is 5. The summed E-state index contributed by atoms with van der Waals surface area (Å²) in [5.41, 5.74) is 8.71. The highest BCUT2D eigenvalue weighted by molar-refractivity contribution is 7.98. The standard InChI is InChI=1S/C27H32N4O4S2/c1-37-15-14-23(27(33)34)30-25(32)24(19-10-6-3-7-11-19)35-26-22(29-16-20(28)17-36)13-12-21(31-26)18-8-4-2-5-9-18/h2-13,20,23-24,29,36H,14-17,28H2,1H3,(H,30,32)(H,33,34)/t20?,23-,24?/m0/s1. The Kier molecular flexibility index (Phi) is 11.1. The number of rotatable bonds is 14. The minimum Gasteiger partial charge on any atom is -0.480 e. The van der Waals surface area contributed by atoms with Crippen molar-refractivity contribution in [3.8, 4) is 17.1 Å². The molecule has 0 fully saturated rings. The van der Waals surface area contributed by atoms with Gasteiger partial charge in [-0.1, -0.05) is 60.7 Å². The Morgan fingerprint density at radius 3 is 2.38 bits per heavy atom. The third kappa shape index (κ3) is 8.41. The van der Waals surface area contributed by atoms with Gasteiger partial charge >= 0.3 is 5.97 Å². The van der Waals surface area contributed by atoms with Crippen LogP contribution in [0.3, 0.4) is 0 Å². The number of nitrogens with two attached hydrogens (primary N) is 1. The zero-order valence-electron chi connectivity index (χ0n) is 20.5. The number of anilines is 1. The van der Waals surface area contributed by atoms with Gasteiger partial charge in [-0.2, -0.15) is 24.4 Å². The summed E-state index contributed by atoms with van der Waals surface area (Å²) >= 11 is 5.75. The maximum atomic E-state index is 13.4. The molecule has 8 nitrogen and oxygen atoms in total. The molecule has 0 aliphatic heterocycles. The molecule has 0 saturated carbocycles. The van der Waals surface area contributed by atoms with E-state index in [2.05, 4.69) is 23.3 Å². The van der Waals surface area contributed by atoms with Gasteiger partial charge in [0.1, 0.15) is 6.04 Å². The molecular formula is C27H32N4O4S2. The van der Waals surface area contributed by atoms with E-state index in [1.165, 1.54) is 11.8 Å². The first-order valence-electron chi connectivity index (χ1n) is 11.8. The Labute approximate surface area is 226 Å². The number of aliphatic carboxylic acids is 1. The van der Waals surface area contributed by atoms with E-state index in [9.17, 15) is 14.7 Å². The van der Waals surface area contributed by atoms with Crippen molar-refractivity contribution in [3.63, 3.8) is 0 Å². The fraction of sp³-hybridized carbons (Fsp3) is 0.296. The molecule has 3 aromatic rings. The number of ether oxygens (including phenoxy) is 1. The lowest BCUT2D eigenvalue weighted by Gasteiger charge is -2.23. The van der Waals surface area contributed by atoms with Crippen LogP contribution in [-0.2, 0) is 9.59 Å². The van der Waals surface area contributed by atoms with E-state index >= 15 is 0 Å². The smallest absolute Gasteiger partial charge is 0.326 e. The molecule has 3 atom stereocenters. The summed E-state index contributed by atoms with van der Waals surface area (Å²) in [4.78, 5) is 29.9. The van der Waals surface area contributed by atoms with Crippen LogP contribution in [0.25, 0.3) is 11.3 Å². The Balaban J connectivity index is 1.97. The Bertz CT molecular complexity index is 1150. The number of hydrogen-bond acceptors (Lipinski definition) is 8. The van der Waals surface area contributed by atoms with Crippen LogP contribution in [0.5, 0.6) is 5.88 Å². The van der Waals surface area contributed by atoms with Crippen molar-refractivity contribution in [2.75, 3.05) is 29.6 Å². The van der Waals surface area contributed by atoms with Crippen LogP contribution < -0.4 is 21.1 Å². The van der Waals surface area contributed by atoms with Crippen LogP contribution in [0.2, 0.25) is 0 Å². The average molecular weight is 541 g/mol. The van der Waals surface area contributed by atoms with E-state index in [0.29, 0.717) is 41.4 Å². The van der Waals surface area contributed by atoms with Gasteiger partial charge in [0.2, 0.25) is 12.0 Å². The number of benzene rings is 2. The summed E-state index contributed by atoms with van der Waals surface area (Å²) in [6.45, 7) is 0.421. The molecule has 3 rings (SSSR count). The van der Waals surface area contributed by atoms with Gasteiger partial charge in [-0.15, -0.1) is 0 Å². The summed E-state index contributed by atoms with van der Waals surface area (Å²) in [7, 11) is 0. The summed E-state index contributed by atoms with van der Waals surface area (Å²) in [5.74, 6) is -0.381. The number of carbonyl (C=O) groups is 2. The fourth-order valence-corrected chi connectivity index (χ4v) is 4.09. The maximum absolute atomic E-state index is 13.4. The molecule has 37 heavy (non-hydrogen) atoms. The third-order valence-electron chi connectivity index (χ3n) is 5.51. The Hall–Kier alpha value is -3.21. The molecule has 196 valence electrons. The number of thiol groups is 1. The van der Waals surface area contributed by atoms with Crippen molar-refractivity contribution in [1.29, 1.82) is 0 Å². The van der Waals surface area contributed by atoms with E-state index < -0.39 is 24.0 Å². The molecule has 0 saturated heterocycles. The van der Waals surface area contributed by atoms with Gasteiger partial charge in [0, 0.05) is 29.5 Å². The zero-order chi connectivity index (χ0) is 26.6. The number of carbonyl (C=O) groups excluding carboxylic acids is 1. The third-order valence-corrected chi connectivity index (χ3v) is 6.63. The molecule has 0 aliphatic carbocycles. The monoisotopic (exact) mass is 540 g/mol. The number of carboxylic acids is 1. The number of nitrogens with zero attached hydrogens (tertiary/aromatic N) is 1. The van der Waals surface area contributed by atoms with Crippen LogP contribution in [0.4, 0.5) is 5.69 Å². The molecule has 1 aromatic heterocycles. The van der Waals surface area contributed by atoms with Crippen molar-refractivity contribution in [3.05, 3.63) is 78.4 Å². The molecule has 5 N–H and O–H groups in total. The van der Waals surface area contributed by atoms with E-state index in [-0.39, 0.29) is 11.9 Å². The number of amides is 1. The first-order chi connectivity index (χ1) is 17.9. The second kappa shape index (κ2) is 14.5. The summed E-state index contributed by atoms with van der Waals surface area (Å²) < 4.78 is 6.26. The zero-order valence-corrected chi connectivity index (χ0v) is 22.3. The number of pyridine rings is 1. The predicted molar refractivity (Wildman–Crippen MR) is 152 cm³/mol. The fourth-order valence-electron chi connectivity index (χ4n) is 3.49. The van der Waals surface area contributed by atoms with Crippen molar-refractivity contribution in [1.82, 2.24) is 10.3 Å². The van der Waals surface area contributed by atoms with Gasteiger partial charge in [-0.05, 0) is 30.6 Å². The summed E-state index contributed by atoms with van der Waals surface area (Å²) in [5, 5.41) is 15.5. The molecule has 2 aromatic carbocycles. The average Bonchev–Trinajstić information content (AvgIpc) is 2.93. The molecule has 1 amide bonds. The largest absolute Gasteiger partial charge is 0.480 e. The minimum atomic E-state index is -1.13. The van der Waals surface area contributed by atoms with Crippen molar-refractivity contribution < 1.29 is 19.4 Å². The Morgan fingerprint density at radius 2 is 1.76 bits per heavy atom. The van der Waals surface area contributed by atoms with E-state index in [1.54, 1.807) is 24.3 Å². The number of aromatic nitrogens is 1. The predicted octanol–water partition coefficient (Wildman–Crippen LogP) is 3.86. The lowest BCUT2D eigenvalue weighted by Crippen LogP contribution is -2.44. The minimum absolute atomic E-state index is 0.202. The molecule has 10 heteroatoms. The number of nitrogens with one attached hydrogen (secondary N) is 2. The first kappa shape index (κ1) is 28.4. The normalized spacial score (nSPS) is 13.3. The second-order valence-corrected chi connectivity index (χ2v) is 9.68.